The second-order valence-corrected chi connectivity index (χ2v) is 7.40. The van der Waals surface area contributed by atoms with E-state index < -0.39 is 0 Å². The molecule has 0 bridgehead atoms. The topological polar surface area (TPSA) is 37.4 Å². The second kappa shape index (κ2) is 8.98. The molecule has 0 aromatic heterocycles. The second-order valence-electron chi connectivity index (χ2n) is 7.40. The highest BCUT2D eigenvalue weighted by Crippen LogP contribution is 2.20. The standard InChI is InChI=1S/C22H25N2O2.ClH/c1-24(2,16-6-15-23-21(25)13-14-22(23)26)17-18-9-11-20(12-10-18)19-7-4-3-5-8-19;/h3-5,7-14H,6,15-17H2,1-2H3;1H/q+1;/p-1. The SMILES string of the molecule is C[N+](C)(CCCN1C(=O)C=CC1=O)Cc1ccc(-c2ccccc2)cc1.[Cl-]. The lowest BCUT2D eigenvalue weighted by atomic mass is 10.0. The van der Waals surface area contributed by atoms with Crippen molar-refractivity contribution < 1.29 is 26.5 Å². The van der Waals surface area contributed by atoms with Gasteiger partial charge in [0.15, 0.2) is 0 Å². The first-order valence-corrected chi connectivity index (χ1v) is 8.94. The minimum Gasteiger partial charge on any atom is -1.00 e. The Morgan fingerprint density at radius 1 is 0.815 bits per heavy atom. The molecule has 0 atom stereocenters. The quantitative estimate of drug-likeness (QED) is 0.507. The van der Waals surface area contributed by atoms with E-state index in [2.05, 4.69) is 62.6 Å². The van der Waals surface area contributed by atoms with E-state index in [4.69, 9.17) is 0 Å². The molecule has 0 unspecified atom stereocenters. The van der Waals surface area contributed by atoms with Crippen molar-refractivity contribution in [3.05, 3.63) is 72.3 Å². The third-order valence-electron chi connectivity index (χ3n) is 4.72. The summed E-state index contributed by atoms with van der Waals surface area (Å²) in [5.41, 5.74) is 3.73. The van der Waals surface area contributed by atoms with E-state index in [0.717, 1.165) is 24.0 Å². The molecule has 2 aromatic carbocycles. The van der Waals surface area contributed by atoms with Crippen LogP contribution in [0.4, 0.5) is 0 Å². The molecule has 0 radical (unpaired) electrons. The highest BCUT2D eigenvalue weighted by Gasteiger charge is 2.24. The normalized spacial score (nSPS) is 13.8. The van der Waals surface area contributed by atoms with Crippen LogP contribution in [0.5, 0.6) is 0 Å². The summed E-state index contributed by atoms with van der Waals surface area (Å²) in [5.74, 6) is -0.395. The Kier molecular flexibility index (Phi) is 6.94. The molecule has 5 heteroatoms. The minimum absolute atomic E-state index is 0. The van der Waals surface area contributed by atoms with Gasteiger partial charge in [0.1, 0.15) is 6.54 Å². The van der Waals surface area contributed by atoms with E-state index in [9.17, 15) is 9.59 Å². The maximum absolute atomic E-state index is 11.6. The molecular weight excluding hydrogens is 360 g/mol. The van der Waals surface area contributed by atoms with Gasteiger partial charge in [-0.3, -0.25) is 14.5 Å². The summed E-state index contributed by atoms with van der Waals surface area (Å²) in [6.45, 7) is 2.30. The molecule has 0 saturated heterocycles. The summed E-state index contributed by atoms with van der Waals surface area (Å²) >= 11 is 0. The Labute approximate surface area is 167 Å². The Morgan fingerprint density at radius 3 is 1.96 bits per heavy atom. The summed E-state index contributed by atoms with van der Waals surface area (Å²) in [7, 11) is 4.36. The van der Waals surface area contributed by atoms with E-state index in [0.29, 0.717) is 6.54 Å². The van der Waals surface area contributed by atoms with E-state index in [1.165, 1.54) is 33.7 Å². The zero-order chi connectivity index (χ0) is 18.6. The van der Waals surface area contributed by atoms with Crippen LogP contribution in [0.2, 0.25) is 0 Å². The highest BCUT2D eigenvalue weighted by atomic mass is 35.5. The third-order valence-corrected chi connectivity index (χ3v) is 4.72. The molecular formula is C22H25ClN2O2. The van der Waals surface area contributed by atoms with Crippen molar-refractivity contribution in [3.8, 4) is 11.1 Å². The maximum Gasteiger partial charge on any atom is 0.253 e. The number of benzene rings is 2. The van der Waals surface area contributed by atoms with Gasteiger partial charge in [-0.25, -0.2) is 0 Å². The molecule has 142 valence electrons. The van der Waals surface area contributed by atoms with Crippen LogP contribution >= 0.6 is 0 Å². The average Bonchev–Trinajstić information content (AvgIpc) is 2.95. The summed E-state index contributed by atoms with van der Waals surface area (Å²) in [6.07, 6.45) is 3.49. The first-order chi connectivity index (χ1) is 12.4. The molecule has 1 aliphatic rings. The van der Waals surface area contributed by atoms with Crippen molar-refractivity contribution >= 4 is 11.8 Å². The maximum atomic E-state index is 11.6. The van der Waals surface area contributed by atoms with Gasteiger partial charge in [0.05, 0.1) is 20.6 Å². The molecule has 0 aliphatic carbocycles. The summed E-state index contributed by atoms with van der Waals surface area (Å²) in [6, 6.07) is 19.0. The predicted octanol–water partition coefficient (Wildman–Crippen LogP) is 0.249. The zero-order valence-electron chi connectivity index (χ0n) is 15.8. The van der Waals surface area contributed by atoms with E-state index in [1.54, 1.807) is 0 Å². The molecule has 27 heavy (non-hydrogen) atoms. The van der Waals surface area contributed by atoms with Crippen molar-refractivity contribution in [2.75, 3.05) is 27.2 Å². The lowest BCUT2D eigenvalue weighted by Gasteiger charge is -2.30. The fraction of sp³-hybridized carbons (Fsp3) is 0.273. The number of imide groups is 1. The number of hydrogen-bond donors (Lipinski definition) is 0. The van der Waals surface area contributed by atoms with Crippen LogP contribution in [0.3, 0.4) is 0 Å². The van der Waals surface area contributed by atoms with Crippen molar-refractivity contribution in [3.63, 3.8) is 0 Å². The average molecular weight is 385 g/mol. The number of carbonyl (C=O) groups excluding carboxylic acids is 2. The number of nitrogens with zero attached hydrogens (tertiary/aromatic N) is 2. The number of hydrogen-bond acceptors (Lipinski definition) is 2. The molecule has 4 nitrogen and oxygen atoms in total. The highest BCUT2D eigenvalue weighted by molar-refractivity contribution is 6.12. The first kappa shape index (κ1) is 20.9. The van der Waals surface area contributed by atoms with Gasteiger partial charge in [-0.05, 0) is 11.1 Å². The minimum atomic E-state index is -0.197. The Hall–Kier alpha value is -2.43. The van der Waals surface area contributed by atoms with Crippen LogP contribution in [-0.4, -0.2) is 48.4 Å². The molecule has 2 aromatic rings. The van der Waals surface area contributed by atoms with Gasteiger partial charge in [-0.2, -0.15) is 0 Å². The zero-order valence-corrected chi connectivity index (χ0v) is 16.5. The van der Waals surface area contributed by atoms with Crippen LogP contribution in [-0.2, 0) is 16.1 Å². The van der Waals surface area contributed by atoms with Gasteiger partial charge >= 0.3 is 0 Å². The van der Waals surface area contributed by atoms with Gasteiger partial charge in [0, 0.05) is 30.7 Å². The van der Waals surface area contributed by atoms with Gasteiger partial charge in [0.2, 0.25) is 0 Å². The van der Waals surface area contributed by atoms with Crippen LogP contribution in [0.1, 0.15) is 12.0 Å². The fourth-order valence-electron chi connectivity index (χ4n) is 3.31. The van der Waals surface area contributed by atoms with E-state index in [-0.39, 0.29) is 24.2 Å². The number of amides is 2. The number of quaternary nitrogens is 1. The molecule has 2 amide bonds. The van der Waals surface area contributed by atoms with Crippen molar-refractivity contribution in [1.82, 2.24) is 4.90 Å². The number of rotatable bonds is 7. The molecule has 3 rings (SSSR count). The predicted molar refractivity (Wildman–Crippen MR) is 103 cm³/mol. The van der Waals surface area contributed by atoms with Crippen molar-refractivity contribution in [2.24, 2.45) is 0 Å². The van der Waals surface area contributed by atoms with Gasteiger partial charge in [-0.15, -0.1) is 0 Å². The fourth-order valence-corrected chi connectivity index (χ4v) is 3.31. The van der Waals surface area contributed by atoms with Gasteiger partial charge in [-0.1, -0.05) is 54.6 Å². The van der Waals surface area contributed by atoms with E-state index in [1.807, 2.05) is 6.07 Å². The largest absolute Gasteiger partial charge is 1.00 e. The van der Waals surface area contributed by atoms with Gasteiger partial charge in [0.25, 0.3) is 11.8 Å². The summed E-state index contributed by atoms with van der Waals surface area (Å²) < 4.78 is 0.814. The number of carbonyl (C=O) groups is 2. The molecule has 0 N–H and O–H groups in total. The molecule has 0 fully saturated rings. The van der Waals surface area contributed by atoms with Gasteiger partial charge < -0.3 is 16.9 Å². The Bertz CT molecular complexity index is 796. The van der Waals surface area contributed by atoms with Crippen LogP contribution < -0.4 is 12.4 Å². The van der Waals surface area contributed by atoms with E-state index >= 15 is 0 Å². The molecule has 1 aliphatic heterocycles. The first-order valence-electron chi connectivity index (χ1n) is 8.94. The van der Waals surface area contributed by atoms with Crippen molar-refractivity contribution in [2.45, 2.75) is 13.0 Å². The smallest absolute Gasteiger partial charge is 0.253 e. The summed E-state index contributed by atoms with van der Waals surface area (Å²) in [4.78, 5) is 24.5. The summed E-state index contributed by atoms with van der Waals surface area (Å²) in [5, 5.41) is 0. The monoisotopic (exact) mass is 384 g/mol. The Balaban J connectivity index is 0.00000261. The lowest BCUT2D eigenvalue weighted by molar-refractivity contribution is -0.903. The third kappa shape index (κ3) is 5.52. The van der Waals surface area contributed by atoms with Crippen LogP contribution in [0.15, 0.2) is 66.7 Å². The molecule has 0 saturated carbocycles. The Morgan fingerprint density at radius 2 is 1.37 bits per heavy atom. The van der Waals surface area contributed by atoms with Crippen molar-refractivity contribution in [1.29, 1.82) is 0 Å². The number of halogens is 1. The molecule has 0 spiro atoms. The van der Waals surface area contributed by atoms with Crippen LogP contribution in [0.25, 0.3) is 11.1 Å². The lowest BCUT2D eigenvalue weighted by Crippen LogP contribution is -3.00. The molecule has 1 heterocycles. The van der Waals surface area contributed by atoms with Crippen LogP contribution in [0, 0.1) is 0 Å².